The van der Waals surface area contributed by atoms with Crippen LogP contribution in [0.2, 0.25) is 0 Å². The van der Waals surface area contributed by atoms with Gasteiger partial charge in [-0.1, -0.05) is 12.1 Å². The summed E-state index contributed by atoms with van der Waals surface area (Å²) in [6, 6.07) is 7.31. The number of halogens is 1. The summed E-state index contributed by atoms with van der Waals surface area (Å²) in [5.74, 6) is -0.119. The lowest BCUT2D eigenvalue weighted by Gasteiger charge is -2.28. The maximum atomic E-state index is 12.2. The van der Waals surface area contributed by atoms with Gasteiger partial charge in [-0.25, -0.2) is 0 Å². The Balaban J connectivity index is 0.00000441. The minimum atomic E-state index is -0.878. The number of benzene rings is 1. The Morgan fingerprint density at radius 3 is 2.00 bits per heavy atom. The fraction of sp³-hybridized carbons (Fsp3) is 0.500. The van der Waals surface area contributed by atoms with Crippen LogP contribution < -0.4 is 5.73 Å². The summed E-state index contributed by atoms with van der Waals surface area (Å²) in [6.45, 7) is 6.42. The second kappa shape index (κ2) is 8.15. The summed E-state index contributed by atoms with van der Waals surface area (Å²) in [5, 5.41) is 0. The third-order valence-corrected chi connectivity index (χ3v) is 3.20. The number of carbonyl (C=O) groups excluding carboxylic acids is 2. The number of nitrogens with zero attached hydrogens (tertiary/aromatic N) is 2. The first-order valence-corrected chi connectivity index (χ1v) is 7.05. The molecule has 0 aliphatic carbocycles. The standard InChI is InChI=1S/C16H25N3O2.ClH/c1-6-19(15(21)16(2,3)17)11-12-7-9-13(10-8-12)14(20)18(4)5;/h7-10H,6,11,17H2,1-5H3;1H. The molecule has 0 radical (unpaired) electrons. The van der Waals surface area contributed by atoms with Crippen LogP contribution >= 0.6 is 12.4 Å². The average Bonchev–Trinajstić information content (AvgIpc) is 2.42. The van der Waals surface area contributed by atoms with Gasteiger partial charge in [-0.3, -0.25) is 9.59 Å². The lowest BCUT2D eigenvalue weighted by atomic mass is 10.0. The lowest BCUT2D eigenvalue weighted by Crippen LogP contribution is -2.50. The maximum Gasteiger partial charge on any atom is 0.253 e. The predicted molar refractivity (Wildman–Crippen MR) is 91.1 cm³/mol. The lowest BCUT2D eigenvalue weighted by molar-refractivity contribution is -0.136. The summed E-state index contributed by atoms with van der Waals surface area (Å²) in [6.07, 6.45) is 0. The molecule has 0 unspecified atom stereocenters. The van der Waals surface area contributed by atoms with Crippen LogP contribution in [0, 0.1) is 0 Å². The van der Waals surface area contributed by atoms with Gasteiger partial charge < -0.3 is 15.5 Å². The first-order valence-electron chi connectivity index (χ1n) is 7.05. The molecule has 0 atom stereocenters. The van der Waals surface area contributed by atoms with E-state index in [-0.39, 0.29) is 24.2 Å². The van der Waals surface area contributed by atoms with Crippen molar-refractivity contribution in [2.45, 2.75) is 32.9 Å². The second-order valence-electron chi connectivity index (χ2n) is 5.94. The first kappa shape index (κ1) is 20.4. The smallest absolute Gasteiger partial charge is 0.253 e. The highest BCUT2D eigenvalue weighted by atomic mass is 35.5. The van der Waals surface area contributed by atoms with Crippen LogP contribution in [0.25, 0.3) is 0 Å². The normalized spacial score (nSPS) is 10.6. The molecule has 1 aromatic rings. The largest absolute Gasteiger partial charge is 0.345 e. The van der Waals surface area contributed by atoms with Crippen molar-refractivity contribution in [2.75, 3.05) is 20.6 Å². The molecule has 0 aliphatic heterocycles. The van der Waals surface area contributed by atoms with Gasteiger partial charge in [0, 0.05) is 32.7 Å². The molecule has 0 spiro atoms. The van der Waals surface area contributed by atoms with E-state index < -0.39 is 5.54 Å². The molecule has 0 heterocycles. The van der Waals surface area contributed by atoms with Gasteiger partial charge in [0.15, 0.2) is 0 Å². The third-order valence-electron chi connectivity index (χ3n) is 3.20. The minimum Gasteiger partial charge on any atom is -0.345 e. The van der Waals surface area contributed by atoms with Gasteiger partial charge in [0.25, 0.3) is 5.91 Å². The molecule has 1 aromatic carbocycles. The highest BCUT2D eigenvalue weighted by Gasteiger charge is 2.26. The van der Waals surface area contributed by atoms with Crippen molar-refractivity contribution in [3.8, 4) is 0 Å². The molecule has 22 heavy (non-hydrogen) atoms. The Kier molecular flexibility index (Phi) is 7.56. The first-order chi connectivity index (χ1) is 9.66. The van der Waals surface area contributed by atoms with Crippen LogP contribution in [0.4, 0.5) is 0 Å². The van der Waals surface area contributed by atoms with Crippen LogP contribution in [0.3, 0.4) is 0 Å². The fourth-order valence-corrected chi connectivity index (χ4v) is 1.97. The zero-order chi connectivity index (χ0) is 16.2. The van der Waals surface area contributed by atoms with Crippen LogP contribution in [-0.2, 0) is 11.3 Å². The number of likely N-dealkylation sites (N-methyl/N-ethyl adjacent to an activating group) is 1. The van der Waals surface area contributed by atoms with Crippen molar-refractivity contribution in [3.05, 3.63) is 35.4 Å². The molecule has 0 fully saturated rings. The predicted octanol–water partition coefficient (Wildman–Crippen LogP) is 1.90. The molecule has 0 saturated heterocycles. The van der Waals surface area contributed by atoms with E-state index in [9.17, 15) is 9.59 Å². The Labute approximate surface area is 138 Å². The number of hydrogen-bond acceptors (Lipinski definition) is 3. The number of amides is 2. The highest BCUT2D eigenvalue weighted by Crippen LogP contribution is 2.12. The molecule has 124 valence electrons. The van der Waals surface area contributed by atoms with Crippen LogP contribution in [0.15, 0.2) is 24.3 Å². The number of hydrogen-bond donors (Lipinski definition) is 1. The molecule has 0 aliphatic rings. The summed E-state index contributed by atoms with van der Waals surface area (Å²) in [4.78, 5) is 27.3. The Morgan fingerprint density at radius 2 is 1.64 bits per heavy atom. The van der Waals surface area contributed by atoms with E-state index in [2.05, 4.69) is 0 Å². The topological polar surface area (TPSA) is 66.6 Å². The van der Waals surface area contributed by atoms with Gasteiger partial charge in [-0.2, -0.15) is 0 Å². The van der Waals surface area contributed by atoms with E-state index >= 15 is 0 Å². The number of rotatable bonds is 5. The Bertz CT molecular complexity index is 507. The fourth-order valence-electron chi connectivity index (χ4n) is 1.97. The quantitative estimate of drug-likeness (QED) is 0.898. The van der Waals surface area contributed by atoms with Crippen molar-refractivity contribution in [1.82, 2.24) is 9.80 Å². The van der Waals surface area contributed by atoms with Gasteiger partial charge in [0.1, 0.15) is 0 Å². The minimum absolute atomic E-state index is 0. The Morgan fingerprint density at radius 1 is 1.14 bits per heavy atom. The van der Waals surface area contributed by atoms with Gasteiger partial charge >= 0.3 is 0 Å². The summed E-state index contributed by atoms with van der Waals surface area (Å²) < 4.78 is 0. The zero-order valence-electron chi connectivity index (χ0n) is 13.9. The molecular formula is C16H26ClN3O2. The van der Waals surface area contributed by atoms with E-state index in [1.54, 1.807) is 45.0 Å². The molecular weight excluding hydrogens is 302 g/mol. The Hall–Kier alpha value is -1.59. The van der Waals surface area contributed by atoms with Crippen molar-refractivity contribution < 1.29 is 9.59 Å². The van der Waals surface area contributed by atoms with E-state index in [1.165, 1.54) is 4.90 Å². The van der Waals surface area contributed by atoms with E-state index in [0.717, 1.165) is 5.56 Å². The maximum absolute atomic E-state index is 12.2. The van der Waals surface area contributed by atoms with Crippen molar-refractivity contribution in [1.29, 1.82) is 0 Å². The van der Waals surface area contributed by atoms with Crippen molar-refractivity contribution in [2.24, 2.45) is 5.73 Å². The molecule has 0 saturated carbocycles. The molecule has 1 rings (SSSR count). The van der Waals surface area contributed by atoms with Crippen LogP contribution in [0.5, 0.6) is 0 Å². The van der Waals surface area contributed by atoms with Crippen molar-refractivity contribution >= 4 is 24.2 Å². The zero-order valence-corrected chi connectivity index (χ0v) is 14.7. The molecule has 0 bridgehead atoms. The SMILES string of the molecule is CCN(Cc1ccc(C(=O)N(C)C)cc1)C(=O)C(C)(C)N.Cl. The van der Waals surface area contributed by atoms with Crippen molar-refractivity contribution in [3.63, 3.8) is 0 Å². The number of nitrogens with two attached hydrogens (primary N) is 1. The molecule has 2 N–H and O–H groups in total. The third kappa shape index (κ3) is 5.31. The van der Waals surface area contributed by atoms with Crippen LogP contribution in [-0.4, -0.2) is 47.8 Å². The van der Waals surface area contributed by atoms with Gasteiger partial charge in [0.2, 0.25) is 5.91 Å². The summed E-state index contributed by atoms with van der Waals surface area (Å²) >= 11 is 0. The van der Waals surface area contributed by atoms with E-state index in [1.807, 2.05) is 19.1 Å². The molecule has 6 heteroatoms. The van der Waals surface area contributed by atoms with Crippen LogP contribution in [0.1, 0.15) is 36.7 Å². The summed E-state index contributed by atoms with van der Waals surface area (Å²) in [5.41, 5.74) is 6.60. The molecule has 2 amide bonds. The molecule has 0 aromatic heterocycles. The van der Waals surface area contributed by atoms with Gasteiger partial charge in [-0.15, -0.1) is 12.4 Å². The monoisotopic (exact) mass is 327 g/mol. The van der Waals surface area contributed by atoms with E-state index in [0.29, 0.717) is 18.7 Å². The summed E-state index contributed by atoms with van der Waals surface area (Å²) in [7, 11) is 3.44. The molecule has 5 nitrogen and oxygen atoms in total. The average molecular weight is 328 g/mol. The van der Waals surface area contributed by atoms with Gasteiger partial charge in [-0.05, 0) is 38.5 Å². The highest BCUT2D eigenvalue weighted by molar-refractivity contribution is 5.93. The second-order valence-corrected chi connectivity index (χ2v) is 5.94. The van der Waals surface area contributed by atoms with E-state index in [4.69, 9.17) is 5.73 Å². The van der Waals surface area contributed by atoms with Gasteiger partial charge in [0.05, 0.1) is 5.54 Å². The number of carbonyl (C=O) groups is 2.